The van der Waals surface area contributed by atoms with E-state index in [1.165, 1.54) is 10.6 Å². The van der Waals surface area contributed by atoms with Crippen molar-refractivity contribution in [3.05, 3.63) is 28.7 Å². The third kappa shape index (κ3) is 4.59. The van der Waals surface area contributed by atoms with Crippen molar-refractivity contribution in [2.24, 2.45) is 0 Å². The van der Waals surface area contributed by atoms with Gasteiger partial charge in [-0.05, 0) is 35.0 Å². The van der Waals surface area contributed by atoms with Crippen LogP contribution in [0.5, 0.6) is 5.75 Å². The molecule has 1 aromatic carbocycles. The van der Waals surface area contributed by atoms with E-state index < -0.39 is 10.0 Å². The zero-order valence-corrected chi connectivity index (χ0v) is 13.2. The Kier molecular flexibility index (Phi) is 5.62. The SMILES string of the molecule is CCN(CC(C)Oc1ccccc1Br)S(C)(=O)=O. The molecule has 0 aliphatic rings. The number of ether oxygens (including phenoxy) is 1. The van der Waals surface area contributed by atoms with Gasteiger partial charge in [-0.1, -0.05) is 19.1 Å². The highest BCUT2D eigenvalue weighted by molar-refractivity contribution is 9.10. The Labute approximate surface area is 117 Å². The van der Waals surface area contributed by atoms with Crippen LogP contribution < -0.4 is 4.74 Å². The Balaban J connectivity index is 2.67. The summed E-state index contributed by atoms with van der Waals surface area (Å²) < 4.78 is 30.9. The molecule has 0 heterocycles. The van der Waals surface area contributed by atoms with Gasteiger partial charge in [0.25, 0.3) is 0 Å². The van der Waals surface area contributed by atoms with Gasteiger partial charge < -0.3 is 4.74 Å². The fraction of sp³-hybridized carbons (Fsp3) is 0.500. The summed E-state index contributed by atoms with van der Waals surface area (Å²) in [5.74, 6) is 0.717. The van der Waals surface area contributed by atoms with E-state index in [0.29, 0.717) is 13.1 Å². The van der Waals surface area contributed by atoms with Crippen LogP contribution in [0.2, 0.25) is 0 Å². The highest BCUT2D eigenvalue weighted by Gasteiger charge is 2.18. The molecule has 0 aromatic heterocycles. The molecule has 1 aromatic rings. The minimum atomic E-state index is -3.17. The van der Waals surface area contributed by atoms with Crippen molar-refractivity contribution >= 4 is 26.0 Å². The fourth-order valence-electron chi connectivity index (χ4n) is 1.58. The van der Waals surface area contributed by atoms with Crippen molar-refractivity contribution in [1.29, 1.82) is 0 Å². The van der Waals surface area contributed by atoms with E-state index in [1.54, 1.807) is 0 Å². The first-order valence-electron chi connectivity index (χ1n) is 5.71. The van der Waals surface area contributed by atoms with E-state index in [9.17, 15) is 8.42 Å². The molecule has 1 atom stereocenters. The van der Waals surface area contributed by atoms with Gasteiger partial charge in [-0.2, -0.15) is 4.31 Å². The second-order valence-electron chi connectivity index (χ2n) is 4.07. The van der Waals surface area contributed by atoms with Crippen LogP contribution in [-0.2, 0) is 10.0 Å². The lowest BCUT2D eigenvalue weighted by Gasteiger charge is -2.23. The number of sulfonamides is 1. The minimum absolute atomic E-state index is 0.210. The van der Waals surface area contributed by atoms with Crippen LogP contribution in [0.25, 0.3) is 0 Å². The number of halogens is 1. The zero-order chi connectivity index (χ0) is 13.8. The molecule has 4 nitrogen and oxygen atoms in total. The molecule has 0 saturated carbocycles. The monoisotopic (exact) mass is 335 g/mol. The third-order valence-corrected chi connectivity index (χ3v) is 4.45. The smallest absolute Gasteiger partial charge is 0.211 e. The Hall–Kier alpha value is -0.590. The van der Waals surface area contributed by atoms with Gasteiger partial charge in [-0.3, -0.25) is 0 Å². The summed E-state index contributed by atoms with van der Waals surface area (Å²) in [6.45, 7) is 4.46. The van der Waals surface area contributed by atoms with Gasteiger partial charge in [0, 0.05) is 6.54 Å². The highest BCUT2D eigenvalue weighted by atomic mass is 79.9. The molecule has 0 aliphatic heterocycles. The average molecular weight is 336 g/mol. The summed E-state index contributed by atoms with van der Waals surface area (Å²) in [6, 6.07) is 7.50. The zero-order valence-electron chi connectivity index (χ0n) is 10.8. The summed E-state index contributed by atoms with van der Waals surface area (Å²) in [5.41, 5.74) is 0. The quantitative estimate of drug-likeness (QED) is 0.802. The normalized spacial score (nSPS) is 13.6. The number of hydrogen-bond donors (Lipinski definition) is 0. The summed E-state index contributed by atoms with van der Waals surface area (Å²) >= 11 is 3.39. The van der Waals surface area contributed by atoms with Crippen LogP contribution in [0, 0.1) is 0 Å². The minimum Gasteiger partial charge on any atom is -0.488 e. The molecule has 0 bridgehead atoms. The first-order chi connectivity index (χ1) is 8.34. The summed E-state index contributed by atoms with van der Waals surface area (Å²) in [5, 5.41) is 0. The highest BCUT2D eigenvalue weighted by Crippen LogP contribution is 2.25. The van der Waals surface area contributed by atoms with Crippen molar-refractivity contribution < 1.29 is 13.2 Å². The molecule has 0 fully saturated rings. The van der Waals surface area contributed by atoms with Gasteiger partial charge in [0.05, 0.1) is 17.3 Å². The summed E-state index contributed by atoms with van der Waals surface area (Å²) in [7, 11) is -3.17. The molecule has 0 spiro atoms. The predicted octanol–water partition coefficient (Wildman–Crippen LogP) is 2.50. The van der Waals surface area contributed by atoms with Crippen LogP contribution in [0.15, 0.2) is 28.7 Å². The number of likely N-dealkylation sites (N-methyl/N-ethyl adjacent to an activating group) is 1. The van der Waals surface area contributed by atoms with E-state index in [4.69, 9.17) is 4.74 Å². The third-order valence-electron chi connectivity index (χ3n) is 2.45. The topological polar surface area (TPSA) is 46.6 Å². The molecule has 1 unspecified atom stereocenters. The van der Waals surface area contributed by atoms with Crippen LogP contribution in [0.1, 0.15) is 13.8 Å². The molecule has 6 heteroatoms. The number of hydrogen-bond acceptors (Lipinski definition) is 3. The average Bonchev–Trinajstić information content (AvgIpc) is 2.27. The van der Waals surface area contributed by atoms with Crippen molar-refractivity contribution in [2.75, 3.05) is 19.3 Å². The summed E-state index contributed by atoms with van der Waals surface area (Å²) in [4.78, 5) is 0. The first-order valence-corrected chi connectivity index (χ1v) is 8.35. The van der Waals surface area contributed by atoms with Crippen molar-refractivity contribution in [3.63, 3.8) is 0 Å². The van der Waals surface area contributed by atoms with Crippen LogP contribution in [0.4, 0.5) is 0 Å². The largest absolute Gasteiger partial charge is 0.488 e. The maximum absolute atomic E-state index is 11.5. The Bertz CT molecular complexity index is 490. The van der Waals surface area contributed by atoms with E-state index in [1.807, 2.05) is 38.1 Å². The lowest BCUT2D eigenvalue weighted by atomic mass is 10.3. The van der Waals surface area contributed by atoms with Gasteiger partial charge in [0.1, 0.15) is 11.9 Å². The Morgan fingerprint density at radius 2 is 2.00 bits per heavy atom. The van der Waals surface area contributed by atoms with Crippen LogP contribution in [-0.4, -0.2) is 38.2 Å². The first kappa shape index (κ1) is 15.5. The van der Waals surface area contributed by atoms with Gasteiger partial charge in [0.2, 0.25) is 10.0 Å². The Morgan fingerprint density at radius 1 is 1.39 bits per heavy atom. The van der Waals surface area contributed by atoms with Gasteiger partial charge in [0.15, 0.2) is 0 Å². The predicted molar refractivity (Wildman–Crippen MR) is 76.3 cm³/mol. The molecule has 0 aliphatic carbocycles. The maximum atomic E-state index is 11.5. The van der Waals surface area contributed by atoms with E-state index in [0.717, 1.165) is 10.2 Å². The second kappa shape index (κ2) is 6.54. The number of nitrogens with zero attached hydrogens (tertiary/aromatic N) is 1. The number of benzene rings is 1. The van der Waals surface area contributed by atoms with Gasteiger partial charge >= 0.3 is 0 Å². The molecular formula is C12H18BrNO3S. The van der Waals surface area contributed by atoms with E-state index in [-0.39, 0.29) is 6.10 Å². The van der Waals surface area contributed by atoms with Crippen molar-refractivity contribution in [3.8, 4) is 5.75 Å². The molecule has 102 valence electrons. The van der Waals surface area contributed by atoms with Crippen LogP contribution >= 0.6 is 15.9 Å². The number of rotatable bonds is 6. The van der Waals surface area contributed by atoms with Gasteiger partial charge in [-0.15, -0.1) is 0 Å². The Morgan fingerprint density at radius 3 is 2.50 bits per heavy atom. The van der Waals surface area contributed by atoms with Crippen molar-refractivity contribution in [1.82, 2.24) is 4.31 Å². The standard InChI is InChI=1S/C12H18BrNO3S/c1-4-14(18(3,15)16)9-10(2)17-12-8-6-5-7-11(12)13/h5-8,10H,4,9H2,1-3H3. The molecule has 18 heavy (non-hydrogen) atoms. The fourth-order valence-corrected chi connectivity index (χ4v) is 2.91. The van der Waals surface area contributed by atoms with E-state index in [2.05, 4.69) is 15.9 Å². The summed E-state index contributed by atoms with van der Waals surface area (Å²) in [6.07, 6.45) is 1.00. The van der Waals surface area contributed by atoms with Gasteiger partial charge in [-0.25, -0.2) is 8.42 Å². The molecule has 0 N–H and O–H groups in total. The lowest BCUT2D eigenvalue weighted by Crippen LogP contribution is -2.37. The number of para-hydroxylation sites is 1. The molecule has 0 amide bonds. The lowest BCUT2D eigenvalue weighted by molar-refractivity contribution is 0.188. The molecule has 0 saturated heterocycles. The molecule has 0 radical (unpaired) electrons. The molecule has 1 rings (SSSR count). The van der Waals surface area contributed by atoms with Crippen LogP contribution in [0.3, 0.4) is 0 Å². The van der Waals surface area contributed by atoms with Crippen molar-refractivity contribution in [2.45, 2.75) is 20.0 Å². The maximum Gasteiger partial charge on any atom is 0.211 e. The molecular weight excluding hydrogens is 318 g/mol. The second-order valence-corrected chi connectivity index (χ2v) is 6.91. The van der Waals surface area contributed by atoms with E-state index >= 15 is 0 Å².